The van der Waals surface area contributed by atoms with Crippen LogP contribution in [-0.2, 0) is 11.2 Å². The van der Waals surface area contributed by atoms with Crippen LogP contribution in [0.25, 0.3) is 0 Å². The van der Waals surface area contributed by atoms with Crippen molar-refractivity contribution in [1.29, 1.82) is 5.26 Å². The molecule has 0 radical (unpaired) electrons. The summed E-state index contributed by atoms with van der Waals surface area (Å²) in [6.07, 6.45) is 7.11. The van der Waals surface area contributed by atoms with E-state index in [4.69, 9.17) is 0 Å². The smallest absolute Gasteiger partial charge is 0.224 e. The molecule has 40 heavy (non-hydrogen) atoms. The fourth-order valence-electron chi connectivity index (χ4n) is 4.80. The molecule has 2 aromatic rings. The van der Waals surface area contributed by atoms with Crippen molar-refractivity contribution >= 4 is 11.6 Å². The second kappa shape index (κ2) is 19.7. The average molecular weight is 559 g/mol. The second-order valence-electron chi connectivity index (χ2n) is 9.65. The molecular formula is C32H45F3N4O. The zero-order chi connectivity index (χ0) is 29.9. The minimum atomic E-state index is -0.929. The van der Waals surface area contributed by atoms with Crippen molar-refractivity contribution < 1.29 is 18.0 Å². The van der Waals surface area contributed by atoms with Gasteiger partial charge in [0.25, 0.3) is 0 Å². The lowest BCUT2D eigenvalue weighted by molar-refractivity contribution is -0.119. The molecule has 0 spiro atoms. The van der Waals surface area contributed by atoms with Crippen LogP contribution < -0.4 is 10.2 Å². The minimum Gasteiger partial charge on any atom is -0.370 e. The Bertz CT molecular complexity index is 1070. The Morgan fingerprint density at radius 2 is 1.73 bits per heavy atom. The van der Waals surface area contributed by atoms with Gasteiger partial charge in [0.05, 0.1) is 24.0 Å². The quantitative estimate of drug-likeness (QED) is 0.438. The van der Waals surface area contributed by atoms with Crippen molar-refractivity contribution in [2.75, 3.05) is 38.1 Å². The molecule has 2 fully saturated rings. The molecule has 1 atom stereocenters. The highest BCUT2D eigenvalue weighted by Crippen LogP contribution is 2.27. The standard InChI is InChI=1S/C18H25N3.C9H9F2NO.C3H5F.C2H6/c1-15-5-4-10-21(14-15)17-8-11-20(12-9-17)18-7-3-2-6-16(18)13-19;1-12-9(13)5-6-2-3-7(10)8(11)4-6;1-2-3-4;1-2/h2-3,6-7,15,17H,4-5,8-12,14H2,1H3;2-4H,5H2,1H3,(H,12,13);2-3H,1H3;1-2H3/b;;3-2+;. The summed E-state index contributed by atoms with van der Waals surface area (Å²) in [5.41, 5.74) is 2.38. The van der Waals surface area contributed by atoms with Gasteiger partial charge in [0, 0.05) is 32.7 Å². The van der Waals surface area contributed by atoms with E-state index in [0.29, 0.717) is 11.9 Å². The number of rotatable bonds is 4. The molecular weight excluding hydrogens is 513 g/mol. The predicted molar refractivity (Wildman–Crippen MR) is 158 cm³/mol. The number of carbonyl (C=O) groups excluding carboxylic acids is 1. The first kappa shape index (κ1) is 34.7. The first-order valence-electron chi connectivity index (χ1n) is 14.2. The van der Waals surface area contributed by atoms with E-state index in [-0.39, 0.29) is 12.3 Å². The van der Waals surface area contributed by atoms with Crippen LogP contribution >= 0.6 is 0 Å². The molecule has 2 saturated heterocycles. The Hall–Kier alpha value is -3.31. The molecule has 1 amide bonds. The van der Waals surface area contributed by atoms with Crippen LogP contribution in [0.4, 0.5) is 18.9 Å². The van der Waals surface area contributed by atoms with Gasteiger partial charge in [0.2, 0.25) is 5.91 Å². The molecule has 0 aliphatic carbocycles. The number of nitrogens with zero attached hydrogens (tertiary/aromatic N) is 3. The van der Waals surface area contributed by atoms with Gasteiger partial charge in [-0.05, 0) is 74.9 Å². The molecule has 1 unspecified atom stereocenters. The maximum Gasteiger partial charge on any atom is 0.224 e. The number of benzene rings is 2. The molecule has 2 aromatic carbocycles. The number of halogens is 3. The molecule has 220 valence electrons. The predicted octanol–water partition coefficient (Wildman–Crippen LogP) is 7.03. The van der Waals surface area contributed by atoms with Gasteiger partial charge in [-0.25, -0.2) is 13.2 Å². The highest BCUT2D eigenvalue weighted by Gasteiger charge is 2.28. The highest BCUT2D eigenvalue weighted by atomic mass is 19.2. The number of likely N-dealkylation sites (N-methyl/N-ethyl adjacent to an activating group) is 1. The largest absolute Gasteiger partial charge is 0.370 e. The number of nitrogens with one attached hydrogen (secondary N) is 1. The van der Waals surface area contributed by atoms with Crippen LogP contribution in [0.3, 0.4) is 0 Å². The Morgan fingerprint density at radius 1 is 1.07 bits per heavy atom. The first-order chi connectivity index (χ1) is 19.3. The molecule has 4 rings (SSSR count). The van der Waals surface area contributed by atoms with Gasteiger partial charge in [-0.2, -0.15) is 5.26 Å². The van der Waals surface area contributed by atoms with Gasteiger partial charge in [0.1, 0.15) is 6.07 Å². The van der Waals surface area contributed by atoms with Crippen molar-refractivity contribution in [2.45, 2.75) is 65.8 Å². The summed E-state index contributed by atoms with van der Waals surface area (Å²) in [6, 6.07) is 14.5. The number of likely N-dealkylation sites (tertiary alicyclic amines) is 1. The molecule has 0 bridgehead atoms. The number of nitriles is 1. The summed E-state index contributed by atoms with van der Waals surface area (Å²) < 4.78 is 35.6. The number of hydrogen-bond acceptors (Lipinski definition) is 4. The number of anilines is 1. The third kappa shape index (κ3) is 11.8. The fourth-order valence-corrected chi connectivity index (χ4v) is 4.80. The van der Waals surface area contributed by atoms with Gasteiger partial charge < -0.3 is 10.2 Å². The molecule has 5 nitrogen and oxygen atoms in total. The van der Waals surface area contributed by atoms with E-state index < -0.39 is 11.6 Å². The van der Waals surface area contributed by atoms with Crippen molar-refractivity contribution in [3.63, 3.8) is 0 Å². The van der Waals surface area contributed by atoms with E-state index in [9.17, 15) is 23.2 Å². The third-order valence-electron chi connectivity index (χ3n) is 6.79. The maximum absolute atomic E-state index is 12.6. The highest BCUT2D eigenvalue weighted by molar-refractivity contribution is 5.78. The zero-order valence-corrected chi connectivity index (χ0v) is 24.6. The molecule has 8 heteroatoms. The normalized spacial score (nSPS) is 17.3. The Labute approximate surface area is 238 Å². The van der Waals surface area contributed by atoms with Crippen LogP contribution in [0.2, 0.25) is 0 Å². The minimum absolute atomic E-state index is 0.0632. The molecule has 0 saturated carbocycles. The van der Waals surface area contributed by atoms with E-state index in [1.165, 1.54) is 58.0 Å². The zero-order valence-electron chi connectivity index (χ0n) is 24.6. The van der Waals surface area contributed by atoms with Crippen LogP contribution in [-0.4, -0.2) is 50.1 Å². The van der Waals surface area contributed by atoms with E-state index >= 15 is 0 Å². The number of carbonyl (C=O) groups is 1. The molecule has 2 heterocycles. The molecule has 2 aliphatic rings. The summed E-state index contributed by atoms with van der Waals surface area (Å²) in [4.78, 5) is 16.0. The van der Waals surface area contributed by atoms with E-state index in [0.717, 1.165) is 48.4 Å². The molecule has 2 aliphatic heterocycles. The number of allylic oxidation sites excluding steroid dienone is 1. The van der Waals surface area contributed by atoms with Crippen LogP contribution in [0.5, 0.6) is 0 Å². The SMILES string of the molecule is C/C=C/F.CC.CC1CCCN(C2CCN(c3ccccc3C#N)CC2)C1.CNC(=O)Cc1ccc(F)c(F)c1. The lowest BCUT2D eigenvalue weighted by Gasteiger charge is -2.42. The molecule has 0 aromatic heterocycles. The monoisotopic (exact) mass is 558 g/mol. The summed E-state index contributed by atoms with van der Waals surface area (Å²) in [6.45, 7) is 12.7. The first-order valence-corrected chi connectivity index (χ1v) is 14.2. The van der Waals surface area contributed by atoms with Crippen LogP contribution in [0, 0.1) is 28.9 Å². The van der Waals surface area contributed by atoms with E-state index in [2.05, 4.69) is 34.2 Å². The molecule has 1 N–H and O–H groups in total. The van der Waals surface area contributed by atoms with Crippen LogP contribution in [0.15, 0.2) is 54.9 Å². The van der Waals surface area contributed by atoms with E-state index in [1.54, 1.807) is 6.92 Å². The van der Waals surface area contributed by atoms with Crippen molar-refractivity contribution in [3.8, 4) is 6.07 Å². The Morgan fingerprint density at radius 3 is 2.27 bits per heavy atom. The second-order valence-corrected chi connectivity index (χ2v) is 9.65. The van der Waals surface area contributed by atoms with Gasteiger partial charge >= 0.3 is 0 Å². The van der Waals surface area contributed by atoms with Gasteiger partial charge in [-0.15, -0.1) is 0 Å². The number of piperidine rings is 2. The summed E-state index contributed by atoms with van der Waals surface area (Å²) in [5, 5.41) is 11.6. The summed E-state index contributed by atoms with van der Waals surface area (Å²) >= 11 is 0. The Balaban J connectivity index is 0.000000360. The number of para-hydroxylation sites is 1. The summed E-state index contributed by atoms with van der Waals surface area (Å²) in [7, 11) is 1.49. The van der Waals surface area contributed by atoms with Crippen molar-refractivity contribution in [1.82, 2.24) is 10.2 Å². The van der Waals surface area contributed by atoms with Gasteiger partial charge in [-0.1, -0.05) is 45.0 Å². The number of hydrogen-bond donors (Lipinski definition) is 1. The van der Waals surface area contributed by atoms with Crippen molar-refractivity contribution in [2.24, 2.45) is 5.92 Å². The maximum atomic E-state index is 12.6. The topological polar surface area (TPSA) is 59.4 Å². The van der Waals surface area contributed by atoms with E-state index in [1.807, 2.05) is 32.0 Å². The summed E-state index contributed by atoms with van der Waals surface area (Å²) in [5.74, 6) is -1.20. The lowest BCUT2D eigenvalue weighted by Crippen LogP contribution is -2.48. The lowest BCUT2D eigenvalue weighted by atomic mass is 9.95. The van der Waals surface area contributed by atoms with Gasteiger partial charge in [0.15, 0.2) is 11.6 Å². The fraction of sp³-hybridized carbons (Fsp3) is 0.500. The average Bonchev–Trinajstić information content (AvgIpc) is 3.00. The number of amides is 1. The third-order valence-corrected chi connectivity index (χ3v) is 6.79. The Kier molecular flexibility index (Phi) is 17.1. The van der Waals surface area contributed by atoms with Crippen molar-refractivity contribution in [3.05, 3.63) is 77.6 Å². The van der Waals surface area contributed by atoms with Crippen LogP contribution in [0.1, 0.15) is 64.5 Å². The van der Waals surface area contributed by atoms with Gasteiger partial charge in [-0.3, -0.25) is 9.69 Å².